The molecule has 0 aliphatic carbocycles. The van der Waals surface area contributed by atoms with Crippen LogP contribution in [-0.4, -0.2) is 4.98 Å². The van der Waals surface area contributed by atoms with Crippen LogP contribution in [0.4, 0.5) is 0 Å². The Morgan fingerprint density at radius 1 is 0.414 bits per heavy atom. The van der Waals surface area contributed by atoms with E-state index in [9.17, 15) is 0 Å². The van der Waals surface area contributed by atoms with Crippen LogP contribution in [0, 0.1) is 0 Å². The molecule has 1 rings (SSSR count). The van der Waals surface area contributed by atoms with Crippen LogP contribution in [0.1, 0.15) is 153 Å². The van der Waals surface area contributed by atoms with Gasteiger partial charge in [0.15, 0.2) is 0 Å². The highest BCUT2D eigenvalue weighted by Crippen LogP contribution is 2.18. The summed E-state index contributed by atoms with van der Waals surface area (Å²) in [4.78, 5) is 3.37. The Balaban J connectivity index is 1.93. The van der Waals surface area contributed by atoms with Gasteiger partial charge in [-0.15, -0.1) is 0 Å². The van der Waals surface area contributed by atoms with E-state index in [1.807, 2.05) is 0 Å². The van der Waals surface area contributed by atoms with Crippen LogP contribution in [0.25, 0.3) is 0 Å². The van der Waals surface area contributed by atoms with Gasteiger partial charge in [-0.3, -0.25) is 0 Å². The van der Waals surface area contributed by atoms with Crippen molar-refractivity contribution in [3.63, 3.8) is 0 Å². The minimum atomic E-state index is 1.28. The predicted molar refractivity (Wildman–Crippen MR) is 132 cm³/mol. The third-order valence-electron chi connectivity index (χ3n) is 6.53. The van der Waals surface area contributed by atoms with Crippen molar-refractivity contribution in [3.8, 4) is 0 Å². The van der Waals surface area contributed by atoms with E-state index >= 15 is 0 Å². The molecule has 1 heteroatoms. The number of aromatic nitrogens is 1. The van der Waals surface area contributed by atoms with Crippen LogP contribution in [0.3, 0.4) is 0 Å². The zero-order chi connectivity index (χ0) is 20.8. The lowest BCUT2D eigenvalue weighted by molar-refractivity contribution is 0.553. The molecule has 0 aliphatic heterocycles. The quantitative estimate of drug-likeness (QED) is 0.185. The molecule has 1 N–H and O–H groups in total. The van der Waals surface area contributed by atoms with Gasteiger partial charge in [0.2, 0.25) is 0 Å². The number of hydrogen-bond acceptors (Lipinski definition) is 0. The van der Waals surface area contributed by atoms with Gasteiger partial charge in [-0.05, 0) is 36.8 Å². The lowest BCUT2D eigenvalue weighted by atomic mass is 10.00. The maximum atomic E-state index is 3.37. The van der Waals surface area contributed by atoms with E-state index in [1.54, 1.807) is 11.1 Å². The Kier molecular flexibility index (Phi) is 18.6. The Morgan fingerprint density at radius 2 is 0.690 bits per heavy atom. The Bertz CT molecular complexity index is 395. The van der Waals surface area contributed by atoms with Crippen molar-refractivity contribution < 1.29 is 0 Å². The summed E-state index contributed by atoms with van der Waals surface area (Å²) in [7, 11) is 0. The van der Waals surface area contributed by atoms with Gasteiger partial charge in [-0.1, -0.05) is 129 Å². The lowest BCUT2D eigenvalue weighted by Gasteiger charge is -2.05. The molecule has 0 amide bonds. The van der Waals surface area contributed by atoms with Crippen molar-refractivity contribution in [2.75, 3.05) is 0 Å². The standard InChI is InChI=1S/C28H53N/c1-3-5-7-9-11-13-15-17-19-21-23-27-25-29-26-28(27)24-22-20-18-16-14-12-10-8-6-4-2/h25-26,29H,3-24H2,1-2H3. The second-order valence-corrected chi connectivity index (χ2v) is 9.37. The van der Waals surface area contributed by atoms with Gasteiger partial charge in [-0.25, -0.2) is 0 Å². The molecule has 0 aromatic carbocycles. The molecule has 0 unspecified atom stereocenters. The van der Waals surface area contributed by atoms with Crippen molar-refractivity contribution in [1.82, 2.24) is 4.98 Å². The molecule has 0 spiro atoms. The SMILES string of the molecule is CCCCCCCCCCCCc1c[nH]cc1CCCCCCCCCCCC. The Morgan fingerprint density at radius 3 is 1.00 bits per heavy atom. The summed E-state index contributed by atoms with van der Waals surface area (Å²) in [6, 6.07) is 0. The molecule has 1 aromatic rings. The monoisotopic (exact) mass is 403 g/mol. The molecule has 1 aromatic heterocycles. The smallest absolute Gasteiger partial charge is 0.00401 e. The molecular weight excluding hydrogens is 350 g/mol. The summed E-state index contributed by atoms with van der Waals surface area (Å²) in [5.41, 5.74) is 3.20. The van der Waals surface area contributed by atoms with E-state index in [0.29, 0.717) is 0 Å². The maximum Gasteiger partial charge on any atom is 0.00401 e. The highest BCUT2D eigenvalue weighted by Gasteiger charge is 2.04. The van der Waals surface area contributed by atoms with Crippen molar-refractivity contribution >= 4 is 0 Å². The average molecular weight is 404 g/mol. The molecule has 1 nitrogen and oxygen atoms in total. The first-order valence-corrected chi connectivity index (χ1v) is 13.5. The zero-order valence-corrected chi connectivity index (χ0v) is 20.2. The van der Waals surface area contributed by atoms with E-state index < -0.39 is 0 Å². The van der Waals surface area contributed by atoms with Crippen LogP contribution in [0.5, 0.6) is 0 Å². The molecule has 0 bridgehead atoms. The number of aromatic amines is 1. The molecule has 0 saturated heterocycles. The zero-order valence-electron chi connectivity index (χ0n) is 20.2. The highest BCUT2D eigenvalue weighted by atomic mass is 14.6. The molecule has 0 atom stereocenters. The number of hydrogen-bond donors (Lipinski definition) is 1. The largest absolute Gasteiger partial charge is 0.367 e. The molecular formula is C28H53N. The summed E-state index contributed by atoms with van der Waals surface area (Å²) >= 11 is 0. The van der Waals surface area contributed by atoms with E-state index in [1.165, 1.54) is 141 Å². The number of H-pyrrole nitrogens is 1. The van der Waals surface area contributed by atoms with Crippen molar-refractivity contribution in [3.05, 3.63) is 23.5 Å². The number of unbranched alkanes of at least 4 members (excludes halogenated alkanes) is 18. The maximum absolute atomic E-state index is 3.37. The third-order valence-corrected chi connectivity index (χ3v) is 6.53. The highest BCUT2D eigenvalue weighted by molar-refractivity contribution is 5.23. The second kappa shape index (κ2) is 20.5. The molecule has 0 fully saturated rings. The van der Waals surface area contributed by atoms with Gasteiger partial charge in [0.05, 0.1) is 0 Å². The molecule has 0 aliphatic rings. The van der Waals surface area contributed by atoms with Gasteiger partial charge in [0, 0.05) is 12.4 Å². The van der Waals surface area contributed by atoms with Crippen molar-refractivity contribution in [1.29, 1.82) is 0 Å². The van der Waals surface area contributed by atoms with Crippen LogP contribution in [0.15, 0.2) is 12.4 Å². The van der Waals surface area contributed by atoms with E-state index in [4.69, 9.17) is 0 Å². The van der Waals surface area contributed by atoms with Crippen molar-refractivity contribution in [2.24, 2.45) is 0 Å². The molecule has 1 heterocycles. The van der Waals surface area contributed by atoms with Crippen LogP contribution < -0.4 is 0 Å². The normalized spacial score (nSPS) is 11.4. The number of nitrogens with one attached hydrogen (secondary N) is 1. The fourth-order valence-electron chi connectivity index (χ4n) is 4.50. The van der Waals surface area contributed by atoms with Crippen LogP contribution in [0.2, 0.25) is 0 Å². The van der Waals surface area contributed by atoms with Crippen LogP contribution >= 0.6 is 0 Å². The fourth-order valence-corrected chi connectivity index (χ4v) is 4.50. The molecule has 170 valence electrons. The first kappa shape index (κ1) is 26.3. The summed E-state index contributed by atoms with van der Waals surface area (Å²) in [5, 5.41) is 0. The van der Waals surface area contributed by atoms with E-state index in [-0.39, 0.29) is 0 Å². The first-order chi connectivity index (χ1) is 14.4. The van der Waals surface area contributed by atoms with Gasteiger partial charge in [0.1, 0.15) is 0 Å². The number of aryl methyl sites for hydroxylation is 2. The predicted octanol–water partition coefficient (Wildman–Crippen LogP) is 9.94. The summed E-state index contributed by atoms with van der Waals surface area (Å²) in [5.74, 6) is 0. The Labute approximate surface area is 183 Å². The number of rotatable bonds is 22. The molecule has 29 heavy (non-hydrogen) atoms. The second-order valence-electron chi connectivity index (χ2n) is 9.37. The topological polar surface area (TPSA) is 15.8 Å². The van der Waals surface area contributed by atoms with Crippen molar-refractivity contribution in [2.45, 2.75) is 155 Å². The third kappa shape index (κ3) is 15.7. The van der Waals surface area contributed by atoms with Gasteiger partial charge >= 0.3 is 0 Å². The van der Waals surface area contributed by atoms with Gasteiger partial charge in [0.25, 0.3) is 0 Å². The molecule has 0 saturated carbocycles. The minimum Gasteiger partial charge on any atom is -0.367 e. The van der Waals surface area contributed by atoms with Crippen LogP contribution in [-0.2, 0) is 12.8 Å². The lowest BCUT2D eigenvalue weighted by Crippen LogP contribution is -1.92. The van der Waals surface area contributed by atoms with Gasteiger partial charge < -0.3 is 4.98 Å². The Hall–Kier alpha value is -0.720. The summed E-state index contributed by atoms with van der Waals surface area (Å²) < 4.78 is 0. The van der Waals surface area contributed by atoms with Gasteiger partial charge in [-0.2, -0.15) is 0 Å². The van der Waals surface area contributed by atoms with E-state index in [0.717, 1.165) is 0 Å². The minimum absolute atomic E-state index is 1.28. The van der Waals surface area contributed by atoms with E-state index in [2.05, 4.69) is 31.2 Å². The summed E-state index contributed by atoms with van der Waals surface area (Å²) in [6.45, 7) is 4.60. The average Bonchev–Trinajstić information content (AvgIpc) is 3.18. The molecule has 0 radical (unpaired) electrons. The summed E-state index contributed by atoms with van der Waals surface area (Å²) in [6.07, 6.45) is 35.7. The fraction of sp³-hybridized carbons (Fsp3) is 0.857. The first-order valence-electron chi connectivity index (χ1n) is 13.5.